The summed E-state index contributed by atoms with van der Waals surface area (Å²) in [5.74, 6) is 0. The van der Waals surface area contributed by atoms with E-state index in [9.17, 15) is 0 Å². The summed E-state index contributed by atoms with van der Waals surface area (Å²) < 4.78 is 31.0. The molecule has 0 spiro atoms. The first-order chi connectivity index (χ1) is 17.5. The third kappa shape index (κ3) is 6.80. The molecule has 0 unspecified atom stereocenters. The van der Waals surface area contributed by atoms with Gasteiger partial charge in [-0.1, -0.05) is 89.4 Å². The Morgan fingerprint density at radius 2 is 1.00 bits per heavy atom. The summed E-state index contributed by atoms with van der Waals surface area (Å²) in [4.78, 5) is 0. The number of benzene rings is 3. The molecule has 3 aromatic carbocycles. The smallest absolute Gasteiger partial charge is 0.186 e. The van der Waals surface area contributed by atoms with Crippen molar-refractivity contribution in [2.24, 2.45) is 0 Å². The van der Waals surface area contributed by atoms with E-state index in [1.165, 1.54) is 0 Å². The number of ether oxygens (including phenoxy) is 5. The van der Waals surface area contributed by atoms with E-state index in [0.717, 1.165) is 16.7 Å². The minimum Gasteiger partial charge on any atom is -0.368 e. The molecule has 5 atom stereocenters. The van der Waals surface area contributed by atoms with Gasteiger partial charge in [-0.3, -0.25) is 0 Å². The lowest BCUT2D eigenvalue weighted by Crippen LogP contribution is -2.59. The zero-order valence-corrected chi connectivity index (χ0v) is 22.4. The highest BCUT2D eigenvalue weighted by Gasteiger charge is 2.47. The summed E-state index contributed by atoms with van der Waals surface area (Å²) in [7, 11) is 1.58. The molecule has 0 aliphatic carbocycles. The van der Waals surface area contributed by atoms with Crippen LogP contribution in [-0.2, 0) is 43.5 Å². The molecule has 192 valence electrons. The van der Waals surface area contributed by atoms with Crippen molar-refractivity contribution in [2.75, 3.05) is 7.11 Å². The van der Waals surface area contributed by atoms with Crippen LogP contribution in [0, 0.1) is 0 Å². The average Bonchev–Trinajstić information content (AvgIpc) is 2.88. The zero-order chi connectivity index (χ0) is 25.5. The molecule has 8 heteroatoms. The molecule has 1 aliphatic rings. The molecule has 1 fully saturated rings. The van der Waals surface area contributed by atoms with Crippen molar-refractivity contribution in [1.82, 2.24) is 0 Å². The highest BCUT2D eigenvalue weighted by Crippen LogP contribution is 2.32. The second-order valence-corrected chi connectivity index (χ2v) is 9.77. The standard InChI is InChI=1S/C28H29Cl3O5/c1-18-25(33-15-19-9-3-6-12-22(19)29)26(34-16-20-10-4-7-13-23(20)30)27(28(32-2)36-18)35-17-21-11-5-8-14-24(21)31/h3-14,18,25-28H,15-17H2,1-2H3/t18-,25+,26+,27-,28+/m1/s1. The maximum atomic E-state index is 6.45. The maximum Gasteiger partial charge on any atom is 0.186 e. The van der Waals surface area contributed by atoms with Crippen LogP contribution in [0.1, 0.15) is 23.6 Å². The van der Waals surface area contributed by atoms with Gasteiger partial charge >= 0.3 is 0 Å². The van der Waals surface area contributed by atoms with Crippen molar-refractivity contribution >= 4 is 34.8 Å². The molecule has 4 rings (SSSR count). The van der Waals surface area contributed by atoms with Crippen molar-refractivity contribution < 1.29 is 23.7 Å². The van der Waals surface area contributed by atoms with Crippen LogP contribution in [-0.4, -0.2) is 37.8 Å². The lowest BCUT2D eigenvalue weighted by molar-refractivity contribution is -0.314. The van der Waals surface area contributed by atoms with Crippen LogP contribution in [0.25, 0.3) is 0 Å². The largest absolute Gasteiger partial charge is 0.368 e. The van der Waals surface area contributed by atoms with E-state index in [1.54, 1.807) is 7.11 Å². The van der Waals surface area contributed by atoms with E-state index in [4.69, 9.17) is 58.5 Å². The lowest BCUT2D eigenvalue weighted by Gasteiger charge is -2.44. The molecule has 3 aromatic rings. The predicted molar refractivity (Wildman–Crippen MR) is 141 cm³/mol. The lowest BCUT2D eigenvalue weighted by atomic mass is 9.98. The Labute approximate surface area is 227 Å². The second kappa shape index (κ2) is 13.2. The first-order valence-corrected chi connectivity index (χ1v) is 12.8. The average molecular weight is 552 g/mol. The van der Waals surface area contributed by atoms with Gasteiger partial charge in [-0.15, -0.1) is 0 Å². The number of hydrogen-bond acceptors (Lipinski definition) is 5. The van der Waals surface area contributed by atoms with Gasteiger partial charge in [0.1, 0.15) is 18.3 Å². The van der Waals surface area contributed by atoms with Gasteiger partial charge in [0.25, 0.3) is 0 Å². The number of methoxy groups -OCH3 is 1. The quantitative estimate of drug-likeness (QED) is 0.269. The maximum absolute atomic E-state index is 6.45. The monoisotopic (exact) mass is 550 g/mol. The molecule has 0 N–H and O–H groups in total. The van der Waals surface area contributed by atoms with E-state index in [0.29, 0.717) is 21.7 Å². The van der Waals surface area contributed by atoms with Gasteiger partial charge in [-0.25, -0.2) is 0 Å². The van der Waals surface area contributed by atoms with Gasteiger partial charge in [-0.05, 0) is 41.8 Å². The molecule has 0 saturated carbocycles. The summed E-state index contributed by atoms with van der Waals surface area (Å²) in [6.07, 6.45) is -2.60. The molecule has 0 radical (unpaired) electrons. The van der Waals surface area contributed by atoms with Crippen molar-refractivity contribution in [3.8, 4) is 0 Å². The summed E-state index contributed by atoms with van der Waals surface area (Å²) in [5.41, 5.74) is 2.59. The van der Waals surface area contributed by atoms with Gasteiger partial charge in [0, 0.05) is 22.2 Å². The van der Waals surface area contributed by atoms with Crippen LogP contribution in [0.3, 0.4) is 0 Å². The molecular formula is C28H29Cl3O5. The summed E-state index contributed by atoms with van der Waals surface area (Å²) >= 11 is 19.1. The normalized spacial score (nSPS) is 24.1. The van der Waals surface area contributed by atoms with Gasteiger partial charge in [0.15, 0.2) is 6.29 Å². The summed E-state index contributed by atoms with van der Waals surface area (Å²) in [6, 6.07) is 22.7. The van der Waals surface area contributed by atoms with E-state index in [1.807, 2.05) is 79.7 Å². The predicted octanol–water partition coefficient (Wildman–Crippen LogP) is 7.09. The van der Waals surface area contributed by atoms with E-state index < -0.39 is 24.6 Å². The van der Waals surface area contributed by atoms with Crippen molar-refractivity contribution in [3.63, 3.8) is 0 Å². The third-order valence-electron chi connectivity index (χ3n) is 6.13. The molecule has 0 aromatic heterocycles. The number of hydrogen-bond donors (Lipinski definition) is 0. The third-order valence-corrected chi connectivity index (χ3v) is 7.23. The van der Waals surface area contributed by atoms with Crippen LogP contribution in [0.5, 0.6) is 0 Å². The molecule has 5 nitrogen and oxygen atoms in total. The zero-order valence-electron chi connectivity index (χ0n) is 20.1. The molecule has 1 heterocycles. The first-order valence-electron chi connectivity index (χ1n) is 11.7. The highest BCUT2D eigenvalue weighted by atomic mass is 35.5. The fraction of sp³-hybridized carbons (Fsp3) is 0.357. The van der Waals surface area contributed by atoms with E-state index >= 15 is 0 Å². The van der Waals surface area contributed by atoms with Crippen LogP contribution >= 0.6 is 34.8 Å². The Kier molecular flexibility index (Phi) is 10.1. The molecule has 0 amide bonds. The highest BCUT2D eigenvalue weighted by molar-refractivity contribution is 6.31. The Morgan fingerprint density at radius 1 is 0.611 bits per heavy atom. The van der Waals surface area contributed by atoms with E-state index in [-0.39, 0.29) is 19.3 Å². The van der Waals surface area contributed by atoms with Crippen LogP contribution < -0.4 is 0 Å². The number of halogens is 3. The summed E-state index contributed by atoms with van der Waals surface area (Å²) in [6.45, 7) is 2.74. The van der Waals surface area contributed by atoms with Crippen LogP contribution in [0.4, 0.5) is 0 Å². The Morgan fingerprint density at radius 3 is 1.42 bits per heavy atom. The Balaban J connectivity index is 1.58. The Bertz CT molecular complexity index is 1130. The fourth-order valence-electron chi connectivity index (χ4n) is 4.16. The Hall–Kier alpha value is -1.67. The van der Waals surface area contributed by atoms with Crippen LogP contribution in [0.15, 0.2) is 72.8 Å². The molecular weight excluding hydrogens is 523 g/mol. The van der Waals surface area contributed by atoms with E-state index in [2.05, 4.69) is 0 Å². The van der Waals surface area contributed by atoms with Gasteiger partial charge in [0.2, 0.25) is 0 Å². The summed E-state index contributed by atoms with van der Waals surface area (Å²) in [5, 5.41) is 1.89. The molecule has 1 aliphatic heterocycles. The van der Waals surface area contributed by atoms with Gasteiger partial charge in [-0.2, -0.15) is 0 Å². The van der Waals surface area contributed by atoms with Crippen molar-refractivity contribution in [2.45, 2.75) is 57.5 Å². The van der Waals surface area contributed by atoms with Crippen LogP contribution in [0.2, 0.25) is 15.1 Å². The van der Waals surface area contributed by atoms with Gasteiger partial charge in [0.05, 0.1) is 25.9 Å². The van der Waals surface area contributed by atoms with Crippen molar-refractivity contribution in [1.29, 1.82) is 0 Å². The molecule has 36 heavy (non-hydrogen) atoms. The minimum atomic E-state index is -0.668. The fourth-order valence-corrected chi connectivity index (χ4v) is 4.73. The second-order valence-electron chi connectivity index (χ2n) is 8.55. The number of rotatable bonds is 10. The van der Waals surface area contributed by atoms with Gasteiger partial charge < -0.3 is 23.7 Å². The van der Waals surface area contributed by atoms with Crippen molar-refractivity contribution in [3.05, 3.63) is 105 Å². The first kappa shape index (κ1) is 27.4. The topological polar surface area (TPSA) is 46.2 Å². The SMILES string of the molecule is CO[C@H]1O[C@H](C)[C@H](OCc2ccccc2Cl)[C@H](OCc2ccccc2Cl)[C@H]1OCc1ccccc1Cl. The molecule has 1 saturated heterocycles. The molecule has 0 bridgehead atoms. The minimum absolute atomic E-state index is 0.255.